The average Bonchev–Trinajstić information content (AvgIpc) is 2.98. The van der Waals surface area contributed by atoms with Gasteiger partial charge in [0, 0.05) is 18.2 Å². The summed E-state index contributed by atoms with van der Waals surface area (Å²) in [7, 11) is 1.78. The number of ether oxygens (including phenoxy) is 1. The first kappa shape index (κ1) is 20.6. The third kappa shape index (κ3) is 4.15. The number of halogens is 4. The molecule has 1 atom stereocenters. The first-order valence-corrected chi connectivity index (χ1v) is 9.07. The molecule has 0 unspecified atom stereocenters. The maximum Gasteiger partial charge on any atom is 0.516 e. The van der Waals surface area contributed by atoms with E-state index in [1.807, 2.05) is 26.8 Å². The molecule has 2 aromatic heterocycles. The smallest absolute Gasteiger partial charge is 0.414 e. The molecule has 0 spiro atoms. The molecule has 152 valence electrons. The number of rotatable bonds is 1. The van der Waals surface area contributed by atoms with Gasteiger partial charge in [-0.3, -0.25) is 0 Å². The van der Waals surface area contributed by atoms with E-state index >= 15 is 0 Å². The number of carbonyl (C=O) groups excluding carboxylic acids is 1. The van der Waals surface area contributed by atoms with Crippen LogP contribution in [-0.2, 0) is 10.9 Å². The molecule has 0 aliphatic carbocycles. The molecule has 0 aromatic carbocycles. The number of fused-ring (bicyclic) bond motifs is 1. The minimum Gasteiger partial charge on any atom is -0.414 e. The largest absolute Gasteiger partial charge is 0.516 e. The summed E-state index contributed by atoms with van der Waals surface area (Å²) in [5.74, 6) is 0.302. The van der Waals surface area contributed by atoms with Gasteiger partial charge in [0.15, 0.2) is 11.5 Å². The molecule has 0 fully saturated rings. The van der Waals surface area contributed by atoms with E-state index in [4.69, 9.17) is 16.3 Å². The van der Waals surface area contributed by atoms with Crippen LogP contribution in [0.2, 0.25) is 5.02 Å². The van der Waals surface area contributed by atoms with E-state index in [0.717, 1.165) is 22.4 Å². The van der Waals surface area contributed by atoms with Crippen molar-refractivity contribution in [1.29, 1.82) is 0 Å². The second-order valence-corrected chi connectivity index (χ2v) is 8.45. The van der Waals surface area contributed by atoms with E-state index < -0.39 is 17.3 Å². The van der Waals surface area contributed by atoms with E-state index in [2.05, 4.69) is 10.1 Å². The van der Waals surface area contributed by atoms with E-state index in [-0.39, 0.29) is 21.2 Å². The Balaban J connectivity index is 1.87. The van der Waals surface area contributed by atoms with E-state index in [1.54, 1.807) is 7.05 Å². The van der Waals surface area contributed by atoms with Crippen molar-refractivity contribution in [1.82, 2.24) is 14.6 Å². The molecular formula is C18H21ClF3N4O2+. The van der Waals surface area contributed by atoms with Crippen molar-refractivity contribution < 1.29 is 27.2 Å². The topological polar surface area (TPSA) is 56.5 Å². The van der Waals surface area contributed by atoms with Crippen molar-refractivity contribution in [3.63, 3.8) is 0 Å². The number of nitrogens with zero attached hydrogens (tertiary/aromatic N) is 4. The van der Waals surface area contributed by atoms with Gasteiger partial charge in [0.2, 0.25) is 0 Å². The predicted octanol–water partition coefficient (Wildman–Crippen LogP) is 4.57. The van der Waals surface area contributed by atoms with Gasteiger partial charge in [-0.25, -0.2) is 14.0 Å². The summed E-state index contributed by atoms with van der Waals surface area (Å²) in [6.07, 6.45) is -1.69. The highest BCUT2D eigenvalue weighted by atomic mass is 35.5. The molecule has 3 rings (SSSR count). The number of pyridine rings is 1. The third-order valence-electron chi connectivity index (χ3n) is 4.45. The van der Waals surface area contributed by atoms with Crippen LogP contribution in [0, 0.1) is 0 Å². The van der Waals surface area contributed by atoms with Crippen LogP contribution < -0.4 is 0 Å². The van der Waals surface area contributed by atoms with Gasteiger partial charge in [0.25, 0.3) is 0 Å². The summed E-state index contributed by atoms with van der Waals surface area (Å²) < 4.78 is 45.5. The molecule has 1 aliphatic heterocycles. The molecule has 6 nitrogen and oxygen atoms in total. The first-order valence-electron chi connectivity index (χ1n) is 8.69. The van der Waals surface area contributed by atoms with E-state index in [1.165, 1.54) is 0 Å². The Morgan fingerprint density at radius 2 is 2.00 bits per heavy atom. The zero-order valence-corrected chi connectivity index (χ0v) is 16.7. The summed E-state index contributed by atoms with van der Waals surface area (Å²) in [6, 6.07) is 0.834. The zero-order chi connectivity index (χ0) is 20.9. The summed E-state index contributed by atoms with van der Waals surface area (Å²) in [5, 5.41) is 4.03. The molecule has 2 aromatic rings. The van der Waals surface area contributed by atoms with Crippen LogP contribution in [0.4, 0.5) is 18.0 Å². The zero-order valence-electron chi connectivity index (χ0n) is 16.0. The van der Waals surface area contributed by atoms with Crippen LogP contribution >= 0.6 is 11.6 Å². The highest BCUT2D eigenvalue weighted by molar-refractivity contribution is 6.33. The van der Waals surface area contributed by atoms with Gasteiger partial charge < -0.3 is 4.74 Å². The number of aromatic nitrogens is 3. The maximum absolute atomic E-state index is 13.0. The normalized spacial score (nSPS) is 20.9. The third-order valence-corrected chi connectivity index (χ3v) is 4.73. The second-order valence-electron chi connectivity index (χ2n) is 8.04. The number of hydrogen-bond donors (Lipinski definition) is 0. The lowest BCUT2D eigenvalue weighted by Crippen LogP contribution is -2.53. The molecule has 0 bridgehead atoms. The van der Waals surface area contributed by atoms with Crippen molar-refractivity contribution in [2.24, 2.45) is 0 Å². The van der Waals surface area contributed by atoms with Crippen LogP contribution in [0.3, 0.4) is 0 Å². The Kier molecular flexibility index (Phi) is 4.95. The minimum absolute atomic E-state index is 0.0765. The lowest BCUT2D eigenvalue weighted by Gasteiger charge is -2.34. The van der Waals surface area contributed by atoms with Crippen LogP contribution in [0.5, 0.6) is 0 Å². The fraction of sp³-hybridized carbons (Fsp3) is 0.500. The Morgan fingerprint density at radius 1 is 1.32 bits per heavy atom. The number of alkyl halides is 3. The monoisotopic (exact) mass is 417 g/mol. The van der Waals surface area contributed by atoms with Gasteiger partial charge in [-0.2, -0.15) is 18.0 Å². The molecule has 10 heteroatoms. The fourth-order valence-corrected chi connectivity index (χ4v) is 3.10. The number of quaternary nitrogens is 1. The molecular weight excluding hydrogens is 397 g/mol. The molecule has 0 saturated heterocycles. The Morgan fingerprint density at radius 3 is 2.54 bits per heavy atom. The number of hydrogen-bond acceptors (Lipinski definition) is 4. The Bertz CT molecular complexity index is 962. The highest BCUT2D eigenvalue weighted by Crippen LogP contribution is 2.33. The molecule has 0 N–H and O–H groups in total. The van der Waals surface area contributed by atoms with Crippen molar-refractivity contribution in [2.75, 3.05) is 20.1 Å². The maximum atomic E-state index is 13.0. The van der Waals surface area contributed by atoms with Gasteiger partial charge >= 0.3 is 12.3 Å². The lowest BCUT2D eigenvalue weighted by molar-refractivity contribution is -0.833. The van der Waals surface area contributed by atoms with Crippen LogP contribution in [0.1, 0.15) is 38.6 Å². The molecule has 1 aliphatic rings. The highest BCUT2D eigenvalue weighted by Gasteiger charge is 2.39. The van der Waals surface area contributed by atoms with Gasteiger partial charge in [0.05, 0.1) is 24.2 Å². The first-order chi connectivity index (χ1) is 12.8. The Labute approximate surface area is 165 Å². The molecule has 0 saturated carbocycles. The van der Waals surface area contributed by atoms with Crippen LogP contribution in [0.25, 0.3) is 11.2 Å². The minimum atomic E-state index is -4.53. The van der Waals surface area contributed by atoms with Crippen molar-refractivity contribution in [2.45, 2.75) is 39.0 Å². The lowest BCUT2D eigenvalue weighted by atomic mass is 10.1. The average molecular weight is 418 g/mol. The van der Waals surface area contributed by atoms with Crippen LogP contribution in [-0.4, -0.2) is 50.9 Å². The van der Waals surface area contributed by atoms with Gasteiger partial charge in [-0.15, -0.1) is 5.10 Å². The molecule has 1 amide bonds. The van der Waals surface area contributed by atoms with Crippen molar-refractivity contribution in [3.8, 4) is 0 Å². The quantitative estimate of drug-likeness (QED) is 0.638. The summed E-state index contributed by atoms with van der Waals surface area (Å²) >= 11 is 5.96. The fourth-order valence-electron chi connectivity index (χ4n) is 2.85. The SMILES string of the molecule is CC(C)(C)OC(=O)[N@@+]1(C)CC=C(c2nc3c(Cl)cc(C(F)(F)F)cn3n2)CC1. The van der Waals surface area contributed by atoms with Crippen molar-refractivity contribution in [3.05, 3.63) is 34.7 Å². The molecule has 3 heterocycles. The van der Waals surface area contributed by atoms with E-state index in [0.29, 0.717) is 25.3 Å². The standard InChI is InChI=1S/C18H21ClF3N4O2/c1-17(2,3)28-16(27)26(4)7-5-11(6-8-26)14-23-15-13(19)9-12(18(20,21)22)10-25(15)24-14/h5,9-10H,6-8H2,1-4H3/q+1/t26-/m0/s1. The summed E-state index contributed by atoms with van der Waals surface area (Å²) in [5.41, 5.74) is -0.570. The number of amides is 1. The van der Waals surface area contributed by atoms with Crippen molar-refractivity contribution >= 4 is 28.9 Å². The molecule has 0 radical (unpaired) electrons. The van der Waals surface area contributed by atoms with Gasteiger partial charge in [-0.05, 0) is 32.9 Å². The number of likely N-dealkylation sites (N-methyl/N-ethyl adjacent to an activating group) is 1. The predicted molar refractivity (Wildman–Crippen MR) is 97.7 cm³/mol. The summed E-state index contributed by atoms with van der Waals surface area (Å²) in [6.45, 7) is 6.27. The van der Waals surface area contributed by atoms with Gasteiger partial charge in [0.1, 0.15) is 12.1 Å². The van der Waals surface area contributed by atoms with Gasteiger partial charge in [-0.1, -0.05) is 11.6 Å². The van der Waals surface area contributed by atoms with Crippen LogP contribution in [0.15, 0.2) is 18.3 Å². The van der Waals surface area contributed by atoms with E-state index in [9.17, 15) is 18.0 Å². The second kappa shape index (κ2) is 6.73. The molecule has 28 heavy (non-hydrogen) atoms. The summed E-state index contributed by atoms with van der Waals surface area (Å²) in [4.78, 5) is 16.7. The number of carbonyl (C=O) groups is 1. The Hall–Kier alpha value is -2.13.